The Bertz CT molecular complexity index is 7060. The smallest absolute Gasteiger partial charge is 0.307 e. The summed E-state index contributed by atoms with van der Waals surface area (Å²) in [4.78, 5) is 41.4. The molecular weight excluding hydrogens is 1580 g/mol. The van der Waals surface area contributed by atoms with Gasteiger partial charge in [-0.05, 0) is 184 Å². The molecule has 20 rings (SSSR count). The van der Waals surface area contributed by atoms with Crippen LogP contribution >= 0.6 is 9.03 Å². The molecule has 0 aliphatic heterocycles. The third-order valence-electron chi connectivity index (χ3n) is 22.1. The van der Waals surface area contributed by atoms with Crippen molar-refractivity contribution < 1.29 is 0 Å². The van der Waals surface area contributed by atoms with Gasteiger partial charge >= 0.3 is 5.82 Å². The number of fused-ring (bicyclic) bond motifs is 11. The van der Waals surface area contributed by atoms with Crippen molar-refractivity contribution in [2.24, 2.45) is 4.66 Å². The first-order chi connectivity index (χ1) is 61.4. The van der Waals surface area contributed by atoms with Crippen molar-refractivity contribution in [1.82, 2.24) is 29.9 Å². The van der Waals surface area contributed by atoms with Crippen LogP contribution in [0.1, 0.15) is 56.9 Å². The number of hydrogen-bond acceptors (Lipinski definition) is 13. The number of aromatic nitrogens is 6. The normalized spacial score (nSPS) is 11.0. The SMILES string of the molecule is C.C.CC1(C)c2ccccc2-c2ccc(N(c3ccc(-c4ccccc4)cc3)c3ccc(-c4ccc(-c5ccccc5)cc4)cc3)cc21.[B]N=P.[C-]#[N+]c1nc2c(nc1C#N)c1nc(C#N)c(C#N)nc1c1nc([N+]#[C-])c([N+]#[C-])nc21.c1ccc(N(c2ccc(-c3ccc(N(c4ccccc4)c4cccc5ccccc45)cc3)cc2)c2cccc3ccccc23)cc1. The molecule has 1 aliphatic carbocycles. The van der Waals surface area contributed by atoms with E-state index < -0.39 is 0 Å². The Morgan fingerprint density at radius 2 is 0.575 bits per heavy atom. The highest BCUT2D eigenvalue weighted by Gasteiger charge is 2.36. The van der Waals surface area contributed by atoms with Gasteiger partial charge in [0.2, 0.25) is 11.0 Å². The lowest BCUT2D eigenvalue weighted by molar-refractivity contribution is 0.660. The molecule has 0 bridgehead atoms. The molecule has 18 heteroatoms. The van der Waals surface area contributed by atoms with E-state index in [1.165, 1.54) is 88.3 Å². The number of nitrogens with zero attached hydrogens (tertiary/aromatic N) is 16. The molecule has 0 fully saturated rings. The lowest BCUT2D eigenvalue weighted by Gasteiger charge is -2.28. The van der Waals surface area contributed by atoms with Gasteiger partial charge in [0, 0.05) is 56.0 Å². The maximum absolute atomic E-state index is 9.30. The van der Waals surface area contributed by atoms with Crippen molar-refractivity contribution >= 4 is 140 Å². The maximum atomic E-state index is 9.30. The number of benzene rings is 16. The molecule has 0 N–H and O–H groups in total. The lowest BCUT2D eigenvalue weighted by Crippen LogP contribution is -2.16. The van der Waals surface area contributed by atoms with E-state index in [4.69, 9.17) is 19.7 Å². The fourth-order valence-corrected chi connectivity index (χ4v) is 16.2. The molecule has 0 saturated heterocycles. The summed E-state index contributed by atoms with van der Waals surface area (Å²) >= 11 is 0. The number of anilines is 9. The molecule has 16 nitrogen and oxygen atoms in total. The van der Waals surface area contributed by atoms with E-state index in [1.807, 2.05) is 0 Å². The van der Waals surface area contributed by atoms with E-state index in [9.17, 15) is 15.8 Å². The fraction of sp³-hybridized carbons (Fsp3) is 0.0459. The quantitative estimate of drug-likeness (QED) is 0.0461. The molecule has 1 aliphatic rings. The average molecular weight is 1650 g/mol. The van der Waals surface area contributed by atoms with E-state index in [0.29, 0.717) is 0 Å². The Balaban J connectivity index is 0.000000147. The molecule has 0 atom stereocenters. The molecule has 16 aromatic carbocycles. The Labute approximate surface area is 741 Å². The molecule has 0 unspecified atom stereocenters. The van der Waals surface area contributed by atoms with Crippen LogP contribution in [0.2, 0.25) is 0 Å². The van der Waals surface area contributed by atoms with Crippen molar-refractivity contribution in [3.8, 4) is 73.8 Å². The van der Waals surface area contributed by atoms with Gasteiger partial charge in [-0.15, -0.1) is 15.0 Å². The van der Waals surface area contributed by atoms with E-state index in [1.54, 1.807) is 18.2 Å². The summed E-state index contributed by atoms with van der Waals surface area (Å²) in [5, 5.41) is 32.8. The summed E-state index contributed by atoms with van der Waals surface area (Å²) in [6.45, 7) is 26.4. The van der Waals surface area contributed by atoms with E-state index in [0.717, 1.165) is 51.2 Å². The largest absolute Gasteiger partial charge is 0.370 e. The number of para-hydroxylation sites is 2. The maximum Gasteiger partial charge on any atom is 0.307 e. The highest BCUT2D eigenvalue weighted by Crippen LogP contribution is 2.52. The number of hydrogen-bond donors (Lipinski definition) is 0. The molecule has 0 spiro atoms. The van der Waals surface area contributed by atoms with Crippen LogP contribution in [0.5, 0.6) is 0 Å². The summed E-state index contributed by atoms with van der Waals surface area (Å²) in [5.74, 6) is -0.890. The van der Waals surface area contributed by atoms with Crippen LogP contribution in [-0.2, 0) is 5.41 Å². The molecule has 600 valence electrons. The third-order valence-corrected chi connectivity index (χ3v) is 22.1. The van der Waals surface area contributed by atoms with Gasteiger partial charge < -0.3 is 33.9 Å². The van der Waals surface area contributed by atoms with Crippen LogP contribution in [-0.4, -0.2) is 37.9 Å². The molecule has 0 amide bonds. The fourth-order valence-electron chi connectivity index (χ4n) is 16.2. The predicted molar refractivity (Wildman–Crippen MR) is 520 cm³/mol. The van der Waals surface area contributed by atoms with Crippen LogP contribution in [0.4, 0.5) is 68.6 Å². The summed E-state index contributed by atoms with van der Waals surface area (Å²) in [5.41, 5.74) is 24.4. The number of nitriles is 3. The van der Waals surface area contributed by atoms with Gasteiger partial charge in [-0.2, -0.15) is 15.8 Å². The Morgan fingerprint density at radius 1 is 0.299 bits per heavy atom. The molecular formula is C109H76BN16P. The van der Waals surface area contributed by atoms with Gasteiger partial charge in [-0.1, -0.05) is 321 Å². The first-order valence-electron chi connectivity index (χ1n) is 39.9. The number of rotatable bonds is 13. The molecule has 19 aromatic rings. The Kier molecular flexibility index (Phi) is 25.1. The highest BCUT2D eigenvalue weighted by molar-refractivity contribution is 7.05. The zero-order chi connectivity index (χ0) is 85.9. The third kappa shape index (κ3) is 16.8. The van der Waals surface area contributed by atoms with Crippen LogP contribution in [0, 0.1) is 53.7 Å². The van der Waals surface area contributed by atoms with Crippen LogP contribution in [0.25, 0.3) is 125 Å². The zero-order valence-corrected chi connectivity index (χ0v) is 68.5. The van der Waals surface area contributed by atoms with Gasteiger partial charge in [0.15, 0.2) is 17.1 Å². The minimum Gasteiger partial charge on any atom is -0.370 e. The lowest BCUT2D eigenvalue weighted by atomic mass is 9.82. The first-order valence-corrected chi connectivity index (χ1v) is 40.3. The standard InChI is InChI=1S/C45H35N.C44H32N2.C18N12.2CH4.BHNP/c1-45(2)43-16-10-9-15-41(43)42-30-29-40(31-44(42)45)46(38-25-21-36(22-26-38)33-13-7-4-8-14-33)39-27-23-37(24-28-39)35-19-17-34(18-20-35)32-11-5-3-6-12-32;1-3-17-37(18-4-1)45(43-23-11-15-35-13-7-9-21-41(35)43)39-29-25-33(26-30-39)34-27-31-40(32-28-34)46(38-19-5-2-6-20-38)44-24-12-16-36-14-8-10-22-42(36)44;1-22-16-9(6-21)27-12-10-11(26-8(5-20)7(4-19)25-10)14-15(13(12)28-16)30-18(24-3)17(23-2)29-14;;;1-2-3/h3-31H,1-2H3;1-32H;;2*1H4;3H. The monoisotopic (exact) mass is 1650 g/mol. The average Bonchev–Trinajstić information content (AvgIpc) is 1.72. The summed E-state index contributed by atoms with van der Waals surface area (Å²) in [6.07, 6.45) is 0. The van der Waals surface area contributed by atoms with E-state index in [2.05, 4.69) is 465 Å². The molecule has 3 heterocycles. The molecule has 0 saturated carbocycles. The van der Waals surface area contributed by atoms with Crippen LogP contribution in [0.15, 0.2) is 375 Å². The Morgan fingerprint density at radius 3 is 0.953 bits per heavy atom. The van der Waals surface area contributed by atoms with Crippen molar-refractivity contribution in [2.75, 3.05) is 14.7 Å². The predicted octanol–water partition coefficient (Wildman–Crippen LogP) is 29.5. The van der Waals surface area contributed by atoms with Crippen LogP contribution < -0.4 is 14.7 Å². The van der Waals surface area contributed by atoms with Gasteiger partial charge in [0.05, 0.1) is 11.4 Å². The van der Waals surface area contributed by atoms with Crippen molar-refractivity contribution in [3.05, 3.63) is 433 Å². The first kappa shape index (κ1) is 84.6. The zero-order valence-electron chi connectivity index (χ0n) is 67.5. The highest BCUT2D eigenvalue weighted by atomic mass is 31.0. The van der Waals surface area contributed by atoms with Gasteiger partial charge in [-0.3, -0.25) is 0 Å². The summed E-state index contributed by atoms with van der Waals surface area (Å²) in [6, 6.07) is 138. The molecule has 3 aromatic heterocycles. The van der Waals surface area contributed by atoms with Gasteiger partial charge in [-0.25, -0.2) is 15.0 Å². The minimum atomic E-state index is -0.298. The van der Waals surface area contributed by atoms with Crippen LogP contribution in [0.3, 0.4) is 0 Å². The molecule has 2 radical (unpaired) electrons. The minimum absolute atomic E-state index is 0. The summed E-state index contributed by atoms with van der Waals surface area (Å²) in [7, 11) is 6.97. The second-order valence-corrected chi connectivity index (χ2v) is 29.9. The van der Waals surface area contributed by atoms with Crippen molar-refractivity contribution in [3.63, 3.8) is 0 Å². The summed E-state index contributed by atoms with van der Waals surface area (Å²) < 4.78 is 2.81. The second kappa shape index (κ2) is 37.7. The van der Waals surface area contributed by atoms with Gasteiger partial charge in [0.25, 0.3) is 25.1 Å². The van der Waals surface area contributed by atoms with Crippen molar-refractivity contribution in [2.45, 2.75) is 34.1 Å². The van der Waals surface area contributed by atoms with E-state index in [-0.39, 0.29) is 87.9 Å². The van der Waals surface area contributed by atoms with E-state index >= 15 is 0 Å². The molecule has 127 heavy (non-hydrogen) atoms. The second-order valence-electron chi connectivity index (χ2n) is 29.7. The van der Waals surface area contributed by atoms with Crippen molar-refractivity contribution in [1.29, 1.82) is 15.8 Å². The van der Waals surface area contributed by atoms with Gasteiger partial charge in [0.1, 0.15) is 34.8 Å². The topological polar surface area (TPSA) is 184 Å². The Hall–Kier alpha value is -17.4.